The van der Waals surface area contributed by atoms with Gasteiger partial charge in [-0.1, -0.05) is 11.2 Å². The van der Waals surface area contributed by atoms with Crippen molar-refractivity contribution in [3.63, 3.8) is 0 Å². The molecule has 6 nitrogen and oxygen atoms in total. The number of piperidine rings is 1. The van der Waals surface area contributed by atoms with E-state index in [4.69, 9.17) is 14.0 Å². The molecule has 1 amide bonds. The van der Waals surface area contributed by atoms with Crippen LogP contribution in [0.2, 0.25) is 0 Å². The molecule has 114 valence electrons. The van der Waals surface area contributed by atoms with Gasteiger partial charge in [-0.2, -0.15) is 0 Å². The molecule has 1 spiro atoms. The van der Waals surface area contributed by atoms with Gasteiger partial charge < -0.3 is 18.9 Å². The van der Waals surface area contributed by atoms with Crippen LogP contribution in [0.15, 0.2) is 29.4 Å². The molecule has 0 unspecified atom stereocenters. The first-order valence-electron chi connectivity index (χ1n) is 7.29. The fraction of sp³-hybridized carbons (Fsp3) is 0.600. The van der Waals surface area contributed by atoms with Gasteiger partial charge in [-0.3, -0.25) is 4.79 Å². The van der Waals surface area contributed by atoms with Crippen LogP contribution in [0.5, 0.6) is 0 Å². The maximum absolute atomic E-state index is 12.3. The lowest BCUT2D eigenvalue weighted by atomic mass is 9.89. The van der Waals surface area contributed by atoms with Crippen molar-refractivity contribution in [2.45, 2.75) is 31.0 Å². The standard InChI is InChI=1S/C15H20N2O4/c1-2-8-19-12-9-15(20-10-12)5-3-7-17(11-15)14(18)13-4-6-16-21-13/h2,4,6,12H,1,3,5,7-11H2/t12-,15-/m1/s1. The first-order chi connectivity index (χ1) is 10.2. The van der Waals surface area contributed by atoms with E-state index in [1.54, 1.807) is 17.0 Å². The number of likely N-dealkylation sites (tertiary alicyclic amines) is 1. The summed E-state index contributed by atoms with van der Waals surface area (Å²) >= 11 is 0. The number of carbonyl (C=O) groups is 1. The van der Waals surface area contributed by atoms with E-state index >= 15 is 0 Å². The quantitative estimate of drug-likeness (QED) is 0.789. The molecule has 0 bridgehead atoms. The normalized spacial score (nSPS) is 29.0. The second-order valence-corrected chi connectivity index (χ2v) is 5.65. The predicted octanol–water partition coefficient (Wildman–Crippen LogP) is 1.64. The lowest BCUT2D eigenvalue weighted by Crippen LogP contribution is -2.50. The molecule has 3 rings (SSSR count). The molecule has 0 saturated carbocycles. The Morgan fingerprint density at radius 3 is 3.33 bits per heavy atom. The van der Waals surface area contributed by atoms with E-state index in [0.717, 1.165) is 25.8 Å². The minimum atomic E-state index is -0.278. The summed E-state index contributed by atoms with van der Waals surface area (Å²) in [7, 11) is 0. The molecular weight excluding hydrogens is 272 g/mol. The van der Waals surface area contributed by atoms with E-state index in [-0.39, 0.29) is 23.4 Å². The number of nitrogens with zero attached hydrogens (tertiary/aromatic N) is 2. The summed E-state index contributed by atoms with van der Waals surface area (Å²) in [6.07, 6.45) is 6.02. The Kier molecular flexibility index (Phi) is 4.07. The number of rotatable bonds is 4. The van der Waals surface area contributed by atoms with Crippen molar-refractivity contribution < 1.29 is 18.8 Å². The monoisotopic (exact) mass is 292 g/mol. The van der Waals surface area contributed by atoms with Gasteiger partial charge in [0.15, 0.2) is 0 Å². The largest absolute Gasteiger partial charge is 0.372 e. The van der Waals surface area contributed by atoms with Crippen LogP contribution in [0.3, 0.4) is 0 Å². The Hall–Kier alpha value is -1.66. The highest BCUT2D eigenvalue weighted by Crippen LogP contribution is 2.36. The fourth-order valence-corrected chi connectivity index (χ4v) is 3.15. The highest BCUT2D eigenvalue weighted by molar-refractivity contribution is 5.91. The van der Waals surface area contributed by atoms with Crippen LogP contribution in [-0.2, 0) is 9.47 Å². The van der Waals surface area contributed by atoms with Crippen LogP contribution in [0.1, 0.15) is 29.8 Å². The molecule has 2 saturated heterocycles. The van der Waals surface area contributed by atoms with Gasteiger partial charge in [0.25, 0.3) is 5.91 Å². The molecule has 3 heterocycles. The molecule has 0 aromatic carbocycles. The molecule has 1 aromatic rings. The van der Waals surface area contributed by atoms with Crippen LogP contribution >= 0.6 is 0 Å². The zero-order chi connectivity index (χ0) is 14.7. The smallest absolute Gasteiger partial charge is 0.292 e. The molecule has 21 heavy (non-hydrogen) atoms. The Morgan fingerprint density at radius 1 is 1.67 bits per heavy atom. The van der Waals surface area contributed by atoms with Crippen LogP contribution in [-0.4, -0.2) is 54.0 Å². The molecule has 0 radical (unpaired) electrons. The second-order valence-electron chi connectivity index (χ2n) is 5.65. The maximum Gasteiger partial charge on any atom is 0.292 e. The molecular formula is C15H20N2O4. The summed E-state index contributed by atoms with van der Waals surface area (Å²) in [6.45, 7) is 6.08. The molecule has 1 aromatic heterocycles. The van der Waals surface area contributed by atoms with E-state index in [2.05, 4.69) is 11.7 Å². The van der Waals surface area contributed by atoms with E-state index in [9.17, 15) is 4.79 Å². The van der Waals surface area contributed by atoms with E-state index in [0.29, 0.717) is 19.8 Å². The van der Waals surface area contributed by atoms with Gasteiger partial charge in [-0.05, 0) is 12.8 Å². The van der Waals surface area contributed by atoms with Crippen molar-refractivity contribution in [1.29, 1.82) is 0 Å². The number of hydrogen-bond acceptors (Lipinski definition) is 5. The predicted molar refractivity (Wildman–Crippen MR) is 74.9 cm³/mol. The van der Waals surface area contributed by atoms with E-state index < -0.39 is 0 Å². The number of amides is 1. The molecule has 0 aliphatic carbocycles. The highest BCUT2D eigenvalue weighted by atomic mass is 16.6. The SMILES string of the molecule is C=CCO[C@H]1CO[C@]2(CCCN(C(=O)c3ccno3)C2)C1. The molecule has 0 N–H and O–H groups in total. The zero-order valence-electron chi connectivity index (χ0n) is 12.0. The Balaban J connectivity index is 1.63. The van der Waals surface area contributed by atoms with Gasteiger partial charge in [0, 0.05) is 19.0 Å². The summed E-state index contributed by atoms with van der Waals surface area (Å²) in [5.74, 6) is 0.162. The minimum absolute atomic E-state index is 0.0864. The summed E-state index contributed by atoms with van der Waals surface area (Å²) in [5, 5.41) is 3.59. The lowest BCUT2D eigenvalue weighted by molar-refractivity contribution is -0.0467. The van der Waals surface area contributed by atoms with Crippen molar-refractivity contribution in [1.82, 2.24) is 10.1 Å². The maximum atomic E-state index is 12.3. The molecule has 2 aliphatic rings. The third-order valence-electron chi connectivity index (χ3n) is 4.10. The van der Waals surface area contributed by atoms with Crippen molar-refractivity contribution in [2.24, 2.45) is 0 Å². The lowest BCUT2D eigenvalue weighted by Gasteiger charge is -2.39. The highest BCUT2D eigenvalue weighted by Gasteiger charge is 2.45. The molecule has 2 aliphatic heterocycles. The van der Waals surface area contributed by atoms with Crippen LogP contribution < -0.4 is 0 Å². The summed E-state index contributed by atoms with van der Waals surface area (Å²) in [4.78, 5) is 14.1. The Bertz CT molecular complexity index is 502. The number of carbonyl (C=O) groups excluding carboxylic acids is 1. The number of ether oxygens (including phenoxy) is 2. The van der Waals surface area contributed by atoms with Crippen molar-refractivity contribution in [3.8, 4) is 0 Å². The van der Waals surface area contributed by atoms with Gasteiger partial charge >= 0.3 is 0 Å². The second kappa shape index (κ2) is 5.99. The first-order valence-corrected chi connectivity index (χ1v) is 7.29. The van der Waals surface area contributed by atoms with Gasteiger partial charge in [0.05, 0.1) is 37.7 Å². The van der Waals surface area contributed by atoms with Gasteiger partial charge in [0.2, 0.25) is 5.76 Å². The third kappa shape index (κ3) is 3.01. The molecule has 6 heteroatoms. The first kappa shape index (κ1) is 14.3. The van der Waals surface area contributed by atoms with E-state index in [1.807, 2.05) is 0 Å². The summed E-state index contributed by atoms with van der Waals surface area (Å²) in [5.41, 5.74) is -0.278. The average molecular weight is 292 g/mol. The molecule has 2 atom stereocenters. The van der Waals surface area contributed by atoms with Crippen LogP contribution in [0.4, 0.5) is 0 Å². The third-order valence-corrected chi connectivity index (χ3v) is 4.10. The summed E-state index contributed by atoms with van der Waals surface area (Å²) < 4.78 is 16.6. The number of aromatic nitrogens is 1. The van der Waals surface area contributed by atoms with Crippen molar-refractivity contribution >= 4 is 5.91 Å². The van der Waals surface area contributed by atoms with Gasteiger partial charge in [-0.25, -0.2) is 0 Å². The Labute approximate surface area is 123 Å². The van der Waals surface area contributed by atoms with Crippen LogP contribution in [0.25, 0.3) is 0 Å². The zero-order valence-corrected chi connectivity index (χ0v) is 12.0. The minimum Gasteiger partial charge on any atom is -0.372 e. The van der Waals surface area contributed by atoms with Crippen molar-refractivity contribution in [2.75, 3.05) is 26.3 Å². The average Bonchev–Trinajstić information content (AvgIpc) is 3.15. The van der Waals surface area contributed by atoms with E-state index in [1.165, 1.54) is 6.20 Å². The van der Waals surface area contributed by atoms with Gasteiger partial charge in [-0.15, -0.1) is 6.58 Å². The number of hydrogen-bond donors (Lipinski definition) is 0. The summed E-state index contributed by atoms with van der Waals surface area (Å²) in [6, 6.07) is 1.59. The topological polar surface area (TPSA) is 64.8 Å². The van der Waals surface area contributed by atoms with Gasteiger partial charge in [0.1, 0.15) is 0 Å². The fourth-order valence-electron chi connectivity index (χ4n) is 3.15. The Morgan fingerprint density at radius 2 is 2.57 bits per heavy atom. The van der Waals surface area contributed by atoms with Crippen LogP contribution in [0, 0.1) is 0 Å². The van der Waals surface area contributed by atoms with Crippen molar-refractivity contribution in [3.05, 3.63) is 30.7 Å². The molecule has 2 fully saturated rings.